The molecule has 0 N–H and O–H groups in total. The van der Waals surface area contributed by atoms with E-state index in [0.29, 0.717) is 57.4 Å². The van der Waals surface area contributed by atoms with E-state index in [4.69, 9.17) is 9.47 Å². The predicted molar refractivity (Wildman–Crippen MR) is 120 cm³/mol. The van der Waals surface area contributed by atoms with Crippen LogP contribution in [0.4, 0.5) is 0 Å². The zero-order valence-electron chi connectivity index (χ0n) is 18.7. The van der Waals surface area contributed by atoms with Crippen molar-refractivity contribution in [2.24, 2.45) is 0 Å². The highest BCUT2D eigenvalue weighted by Gasteiger charge is 2.44. The molecule has 1 spiro atoms. The third-order valence-electron chi connectivity index (χ3n) is 6.69. The van der Waals surface area contributed by atoms with Gasteiger partial charge in [-0.1, -0.05) is 24.3 Å². The summed E-state index contributed by atoms with van der Waals surface area (Å²) < 4.78 is 12.3. The summed E-state index contributed by atoms with van der Waals surface area (Å²) in [5.74, 6) is 1.92. The van der Waals surface area contributed by atoms with Crippen LogP contribution < -0.4 is 9.47 Å². The number of amides is 1. The van der Waals surface area contributed by atoms with Gasteiger partial charge < -0.3 is 14.4 Å². The number of rotatable bonds is 5. The van der Waals surface area contributed by atoms with Crippen LogP contribution in [0.2, 0.25) is 0 Å². The average Bonchev–Trinajstić information content (AvgIpc) is 2.76. The van der Waals surface area contributed by atoms with Gasteiger partial charge in [0.15, 0.2) is 5.78 Å². The van der Waals surface area contributed by atoms with Gasteiger partial charge in [-0.2, -0.15) is 0 Å². The van der Waals surface area contributed by atoms with E-state index in [9.17, 15) is 9.59 Å². The number of likely N-dealkylation sites (tertiary alicyclic amines) is 1. The van der Waals surface area contributed by atoms with Crippen LogP contribution in [0.1, 0.15) is 59.2 Å². The molecule has 0 aromatic heterocycles. The molecule has 1 saturated heterocycles. The summed E-state index contributed by atoms with van der Waals surface area (Å²) in [7, 11) is 0. The highest BCUT2D eigenvalue weighted by molar-refractivity contribution is 6.01. The highest BCUT2D eigenvalue weighted by atomic mass is 16.5. The van der Waals surface area contributed by atoms with Gasteiger partial charge in [-0.05, 0) is 56.0 Å². The summed E-state index contributed by atoms with van der Waals surface area (Å²) >= 11 is 0. The Morgan fingerprint density at radius 1 is 1.06 bits per heavy atom. The molecular formula is C26H31NO4. The summed E-state index contributed by atoms with van der Waals surface area (Å²) in [5, 5.41) is 0. The monoisotopic (exact) mass is 421 g/mol. The lowest BCUT2D eigenvalue weighted by Gasteiger charge is -2.44. The molecule has 31 heavy (non-hydrogen) atoms. The lowest BCUT2D eigenvalue weighted by Crippen LogP contribution is -2.52. The molecule has 0 unspecified atom stereocenters. The van der Waals surface area contributed by atoms with E-state index in [0.717, 1.165) is 28.2 Å². The first-order chi connectivity index (χ1) is 14.9. The molecule has 0 saturated carbocycles. The minimum absolute atomic E-state index is 0.150. The van der Waals surface area contributed by atoms with Crippen LogP contribution in [-0.4, -0.2) is 41.9 Å². The quantitative estimate of drug-likeness (QED) is 0.651. The van der Waals surface area contributed by atoms with Crippen LogP contribution in [0.3, 0.4) is 0 Å². The molecule has 2 aliphatic heterocycles. The lowest BCUT2D eigenvalue weighted by molar-refractivity contribution is -0.135. The first-order valence-electron chi connectivity index (χ1n) is 11.2. The number of piperidine rings is 1. The average molecular weight is 422 g/mol. The van der Waals surface area contributed by atoms with Crippen molar-refractivity contribution in [1.82, 2.24) is 4.90 Å². The largest absolute Gasteiger partial charge is 0.493 e. The Kier molecular flexibility index (Phi) is 6.03. The number of hydrogen-bond donors (Lipinski definition) is 0. The van der Waals surface area contributed by atoms with Crippen LogP contribution >= 0.6 is 0 Å². The molecule has 2 heterocycles. The minimum Gasteiger partial charge on any atom is -0.493 e. The first kappa shape index (κ1) is 21.4. The van der Waals surface area contributed by atoms with Crippen molar-refractivity contribution in [3.8, 4) is 11.5 Å². The van der Waals surface area contributed by atoms with Crippen molar-refractivity contribution in [1.29, 1.82) is 0 Å². The smallest absolute Gasteiger partial charge is 0.222 e. The number of fused-ring (bicyclic) bond motifs is 1. The molecule has 2 aromatic rings. The molecule has 0 bridgehead atoms. The lowest BCUT2D eigenvalue weighted by atomic mass is 9.81. The second kappa shape index (κ2) is 8.74. The zero-order chi connectivity index (χ0) is 22.0. The zero-order valence-corrected chi connectivity index (χ0v) is 18.7. The molecule has 5 nitrogen and oxygen atoms in total. The number of carbonyl (C=O) groups is 2. The summed E-state index contributed by atoms with van der Waals surface area (Å²) in [4.78, 5) is 27.4. The van der Waals surface area contributed by atoms with Crippen LogP contribution in [0.15, 0.2) is 36.4 Å². The Morgan fingerprint density at radius 3 is 2.55 bits per heavy atom. The minimum atomic E-state index is -0.479. The number of benzene rings is 2. The molecule has 0 aliphatic carbocycles. The number of hydrogen-bond acceptors (Lipinski definition) is 4. The Bertz CT molecular complexity index is 989. The Balaban J connectivity index is 1.29. The van der Waals surface area contributed by atoms with E-state index in [1.54, 1.807) is 0 Å². The maximum Gasteiger partial charge on any atom is 0.222 e. The molecular weight excluding hydrogens is 390 g/mol. The third-order valence-corrected chi connectivity index (χ3v) is 6.69. The van der Waals surface area contributed by atoms with Gasteiger partial charge in [-0.15, -0.1) is 0 Å². The second-order valence-electron chi connectivity index (χ2n) is 8.87. The number of aryl methyl sites for hydroxylation is 2. The van der Waals surface area contributed by atoms with E-state index in [-0.39, 0.29) is 11.7 Å². The van der Waals surface area contributed by atoms with Gasteiger partial charge in [0, 0.05) is 32.4 Å². The van der Waals surface area contributed by atoms with Gasteiger partial charge in [0.05, 0.1) is 18.6 Å². The van der Waals surface area contributed by atoms with Crippen molar-refractivity contribution < 1.29 is 19.1 Å². The van der Waals surface area contributed by atoms with Crippen molar-refractivity contribution in [3.05, 3.63) is 58.7 Å². The van der Waals surface area contributed by atoms with E-state index >= 15 is 0 Å². The van der Waals surface area contributed by atoms with Crippen LogP contribution in [0, 0.1) is 20.8 Å². The number of Topliss-reactive ketones (excluding diaryl/α,β-unsaturated/α-hetero) is 1. The molecule has 4 rings (SSSR count). The number of ether oxygens (including phenoxy) is 2. The molecule has 164 valence electrons. The number of para-hydroxylation sites is 1. The van der Waals surface area contributed by atoms with E-state index < -0.39 is 5.60 Å². The fourth-order valence-electron chi connectivity index (χ4n) is 4.51. The topological polar surface area (TPSA) is 55.8 Å². The maximum atomic E-state index is 12.8. The molecule has 2 aliphatic rings. The van der Waals surface area contributed by atoms with Crippen LogP contribution in [0.25, 0.3) is 0 Å². The van der Waals surface area contributed by atoms with Crippen molar-refractivity contribution in [2.75, 3.05) is 19.7 Å². The van der Waals surface area contributed by atoms with Gasteiger partial charge >= 0.3 is 0 Å². The summed E-state index contributed by atoms with van der Waals surface area (Å²) in [6.07, 6.45) is 2.94. The van der Waals surface area contributed by atoms with E-state index in [1.807, 2.05) is 62.1 Å². The van der Waals surface area contributed by atoms with Gasteiger partial charge in [0.2, 0.25) is 5.91 Å². The number of nitrogens with zero attached hydrogens (tertiary/aromatic N) is 1. The molecule has 2 aromatic carbocycles. The molecule has 5 heteroatoms. The Labute approximate surface area is 184 Å². The van der Waals surface area contributed by atoms with E-state index in [2.05, 4.69) is 0 Å². The number of carbonyl (C=O) groups excluding carboxylic acids is 2. The van der Waals surface area contributed by atoms with Gasteiger partial charge in [0.25, 0.3) is 0 Å². The first-order valence-corrected chi connectivity index (χ1v) is 11.2. The standard InChI is InChI=1S/C26H31NO4/c1-18-10-11-21-22(28)17-26(31-25(21)20(18)3)12-14-27(15-13-26)24(29)9-6-16-30-23-8-5-4-7-19(23)2/h4-5,7-8,10-11H,6,9,12-17H2,1-3H3. The van der Waals surface area contributed by atoms with Crippen LogP contribution in [0.5, 0.6) is 11.5 Å². The fourth-order valence-corrected chi connectivity index (χ4v) is 4.51. The summed E-state index contributed by atoms with van der Waals surface area (Å²) in [6.45, 7) is 7.85. The molecule has 1 fully saturated rings. The molecule has 0 radical (unpaired) electrons. The predicted octanol–water partition coefficient (Wildman–Crippen LogP) is 4.80. The Hall–Kier alpha value is -2.82. The van der Waals surface area contributed by atoms with Crippen molar-refractivity contribution in [3.63, 3.8) is 0 Å². The van der Waals surface area contributed by atoms with Crippen molar-refractivity contribution in [2.45, 2.75) is 58.5 Å². The normalized spacial score (nSPS) is 17.3. The van der Waals surface area contributed by atoms with Crippen LogP contribution in [-0.2, 0) is 4.79 Å². The molecule has 1 amide bonds. The van der Waals surface area contributed by atoms with Crippen molar-refractivity contribution >= 4 is 11.7 Å². The summed E-state index contributed by atoms with van der Waals surface area (Å²) in [5.41, 5.74) is 3.49. The number of ketones is 1. The second-order valence-corrected chi connectivity index (χ2v) is 8.87. The van der Waals surface area contributed by atoms with Gasteiger partial charge in [-0.25, -0.2) is 0 Å². The SMILES string of the molecule is Cc1ccccc1OCCCC(=O)N1CCC2(CC1)CC(=O)c1ccc(C)c(C)c1O2. The van der Waals surface area contributed by atoms with Gasteiger partial charge in [-0.3, -0.25) is 9.59 Å². The summed E-state index contributed by atoms with van der Waals surface area (Å²) in [6, 6.07) is 11.8. The van der Waals surface area contributed by atoms with Gasteiger partial charge in [0.1, 0.15) is 17.1 Å². The fraction of sp³-hybridized carbons (Fsp3) is 0.462. The molecule has 0 atom stereocenters. The Morgan fingerprint density at radius 2 is 1.81 bits per heavy atom. The maximum absolute atomic E-state index is 12.8. The highest BCUT2D eigenvalue weighted by Crippen LogP contribution is 2.41. The third kappa shape index (κ3) is 4.46. The van der Waals surface area contributed by atoms with E-state index in [1.165, 1.54) is 0 Å².